The molecule has 0 spiro atoms. The lowest BCUT2D eigenvalue weighted by molar-refractivity contribution is 0.100. The van der Waals surface area contributed by atoms with Crippen molar-refractivity contribution in [1.82, 2.24) is 4.98 Å². The maximum absolute atomic E-state index is 13.6. The average molecular weight is 388 g/mol. The largest absolute Gasteiger partial charge is 0.508 e. The Morgan fingerprint density at radius 2 is 2.00 bits per heavy atom. The molecule has 1 fully saturated rings. The van der Waals surface area contributed by atoms with E-state index in [9.17, 15) is 18.7 Å². The van der Waals surface area contributed by atoms with Gasteiger partial charge in [-0.15, -0.1) is 0 Å². The third kappa shape index (κ3) is 3.15. The lowest BCUT2D eigenvalue weighted by Crippen LogP contribution is -2.14. The third-order valence-electron chi connectivity index (χ3n) is 5.14. The number of nitrogen functional groups attached to an aromatic ring is 1. The number of benzene rings is 1. The van der Waals surface area contributed by atoms with E-state index >= 15 is 0 Å². The smallest absolute Gasteiger partial charge is 0.256 e. The zero-order chi connectivity index (χ0) is 21.0. The highest BCUT2D eigenvalue weighted by Crippen LogP contribution is 2.53. The molecule has 1 saturated carbocycles. The molecule has 28 heavy (non-hydrogen) atoms. The number of halogens is 2. The van der Waals surface area contributed by atoms with E-state index in [-0.39, 0.29) is 40.4 Å². The molecule has 0 bridgehead atoms. The highest BCUT2D eigenvalue weighted by molar-refractivity contribution is 6.08. The minimum absolute atomic E-state index is 0.0166. The number of amides is 1. The number of H-pyrrole nitrogens is 1. The molecule has 0 radical (unpaired) electrons. The van der Waals surface area contributed by atoms with E-state index in [1.165, 1.54) is 13.0 Å². The first-order chi connectivity index (χ1) is 13.0. The highest BCUT2D eigenvalue weighted by Gasteiger charge is 2.58. The summed E-state index contributed by atoms with van der Waals surface area (Å²) in [5, 5.41) is 17.9. The summed E-state index contributed by atoms with van der Waals surface area (Å²) in [6, 6.07) is 3.25. The number of aromatic nitrogens is 1. The number of phenols is 1. The predicted octanol–water partition coefficient (Wildman–Crippen LogP) is 3.76. The predicted molar refractivity (Wildman–Crippen MR) is 105 cm³/mol. The fraction of sp³-hybridized carbons (Fsp3) is 0.300. The number of hydrogen-bond acceptors (Lipinski definition) is 4. The second kappa shape index (κ2) is 6.47. The van der Waals surface area contributed by atoms with Crippen LogP contribution in [0, 0.1) is 25.2 Å². The molecule has 7 N–H and O–H groups in total. The first kappa shape index (κ1) is 19.6. The number of anilines is 1. The SMILES string of the molecule is CC(=N)/C(=C\c1[nH]c(-c2c(C)ccc(O)c2C)c(N)c1C(N)=O)C1CC1(F)F. The van der Waals surface area contributed by atoms with Crippen LogP contribution < -0.4 is 11.5 Å². The zero-order valence-corrected chi connectivity index (χ0v) is 15.8. The minimum atomic E-state index is -2.86. The number of alkyl halides is 2. The van der Waals surface area contributed by atoms with Crippen molar-refractivity contribution in [2.24, 2.45) is 11.7 Å². The molecule has 2 aromatic rings. The van der Waals surface area contributed by atoms with Crippen LogP contribution in [0.25, 0.3) is 17.3 Å². The summed E-state index contributed by atoms with van der Waals surface area (Å²) >= 11 is 0. The van der Waals surface area contributed by atoms with E-state index < -0.39 is 17.7 Å². The van der Waals surface area contributed by atoms with Crippen molar-refractivity contribution in [1.29, 1.82) is 5.41 Å². The molecule has 1 amide bonds. The van der Waals surface area contributed by atoms with Crippen molar-refractivity contribution in [2.75, 3.05) is 5.73 Å². The number of hydrogen-bond donors (Lipinski definition) is 5. The monoisotopic (exact) mass is 388 g/mol. The maximum atomic E-state index is 13.6. The molecule has 8 heteroatoms. The number of aromatic hydroxyl groups is 1. The van der Waals surface area contributed by atoms with Crippen LogP contribution in [0.4, 0.5) is 14.5 Å². The fourth-order valence-corrected chi connectivity index (χ4v) is 3.50. The van der Waals surface area contributed by atoms with Gasteiger partial charge in [0.15, 0.2) is 0 Å². The summed E-state index contributed by atoms with van der Waals surface area (Å²) < 4.78 is 27.2. The minimum Gasteiger partial charge on any atom is -0.508 e. The molecule has 1 unspecified atom stereocenters. The summed E-state index contributed by atoms with van der Waals surface area (Å²) in [7, 11) is 0. The molecule has 3 rings (SSSR count). The molecule has 1 aliphatic rings. The quantitative estimate of drug-likeness (QED) is 0.500. The number of rotatable bonds is 5. The summed E-state index contributed by atoms with van der Waals surface area (Å²) in [6.07, 6.45) is 1.01. The van der Waals surface area contributed by atoms with Crippen molar-refractivity contribution in [3.05, 3.63) is 40.1 Å². The number of carbonyl (C=O) groups excluding carboxylic acids is 1. The van der Waals surface area contributed by atoms with Gasteiger partial charge in [-0.3, -0.25) is 4.79 Å². The topological polar surface area (TPSA) is 129 Å². The van der Waals surface area contributed by atoms with Crippen LogP contribution in [-0.4, -0.2) is 27.6 Å². The van der Waals surface area contributed by atoms with E-state index in [0.717, 1.165) is 5.56 Å². The fourth-order valence-electron chi connectivity index (χ4n) is 3.50. The van der Waals surface area contributed by atoms with E-state index in [1.54, 1.807) is 19.1 Å². The number of carbonyl (C=O) groups is 1. The number of aryl methyl sites for hydroxylation is 1. The van der Waals surface area contributed by atoms with E-state index in [0.29, 0.717) is 16.8 Å². The molecule has 1 aromatic carbocycles. The van der Waals surface area contributed by atoms with E-state index in [4.69, 9.17) is 16.9 Å². The van der Waals surface area contributed by atoms with Crippen molar-refractivity contribution < 1.29 is 18.7 Å². The van der Waals surface area contributed by atoms with Crippen LogP contribution in [0.3, 0.4) is 0 Å². The molecule has 0 saturated heterocycles. The molecule has 6 nitrogen and oxygen atoms in total. The Morgan fingerprint density at radius 3 is 2.50 bits per heavy atom. The molecule has 0 aliphatic heterocycles. The molecular formula is C20H22F2N4O2. The number of phenolic OH excluding ortho intramolecular Hbond substituents is 1. The molecule has 1 heterocycles. The van der Waals surface area contributed by atoms with Crippen LogP contribution in [0.1, 0.15) is 40.5 Å². The van der Waals surface area contributed by atoms with Crippen molar-refractivity contribution >= 4 is 23.4 Å². The standard InChI is InChI=1S/C20H22F2N4O2/c1-8-4-5-14(27)9(2)15(8)18-17(24)16(19(25)28)13(26-18)6-11(10(3)23)12-7-20(12,21)22/h4-6,12,23,26-27H,7,24H2,1-3H3,(H2,25,28)/b11-6+,23-10?. The summed E-state index contributed by atoms with van der Waals surface area (Å²) in [5.74, 6) is -4.68. The van der Waals surface area contributed by atoms with Crippen LogP contribution in [-0.2, 0) is 0 Å². The average Bonchev–Trinajstić information content (AvgIpc) is 3.08. The molecule has 148 valence electrons. The molecule has 1 aromatic heterocycles. The van der Waals surface area contributed by atoms with E-state index in [2.05, 4.69) is 4.98 Å². The normalized spacial score (nSPS) is 18.2. The van der Waals surface area contributed by atoms with Crippen molar-refractivity contribution in [3.8, 4) is 17.0 Å². The summed E-state index contributed by atoms with van der Waals surface area (Å²) in [4.78, 5) is 15.0. The van der Waals surface area contributed by atoms with Gasteiger partial charge in [0.2, 0.25) is 0 Å². The van der Waals surface area contributed by atoms with E-state index in [1.807, 2.05) is 6.92 Å². The Balaban J connectivity index is 2.24. The summed E-state index contributed by atoms with van der Waals surface area (Å²) in [5.41, 5.74) is 14.3. The van der Waals surface area contributed by atoms with Crippen LogP contribution in [0.15, 0.2) is 17.7 Å². The Kier molecular flexibility index (Phi) is 4.53. The Hall–Kier alpha value is -3.16. The second-order valence-corrected chi connectivity index (χ2v) is 7.21. The Morgan fingerprint density at radius 1 is 1.39 bits per heavy atom. The lowest BCUT2D eigenvalue weighted by Gasteiger charge is -2.11. The van der Waals surface area contributed by atoms with Gasteiger partial charge in [0.05, 0.1) is 28.6 Å². The van der Waals surface area contributed by atoms with Gasteiger partial charge < -0.3 is 27.0 Å². The van der Waals surface area contributed by atoms with Crippen LogP contribution in [0.2, 0.25) is 0 Å². The first-order valence-corrected chi connectivity index (χ1v) is 8.71. The van der Waals surface area contributed by atoms with Crippen molar-refractivity contribution in [2.45, 2.75) is 33.1 Å². The van der Waals surface area contributed by atoms with Gasteiger partial charge in [0.1, 0.15) is 5.75 Å². The molecule has 1 aliphatic carbocycles. The number of aromatic amines is 1. The van der Waals surface area contributed by atoms with Gasteiger partial charge in [-0.25, -0.2) is 8.78 Å². The van der Waals surface area contributed by atoms with Crippen LogP contribution >= 0.6 is 0 Å². The molecular weight excluding hydrogens is 366 g/mol. The van der Waals surface area contributed by atoms with Gasteiger partial charge in [-0.05, 0) is 44.1 Å². The lowest BCUT2D eigenvalue weighted by atomic mass is 9.97. The van der Waals surface area contributed by atoms with Gasteiger partial charge in [-0.1, -0.05) is 6.07 Å². The third-order valence-corrected chi connectivity index (χ3v) is 5.14. The van der Waals surface area contributed by atoms with Gasteiger partial charge in [0.25, 0.3) is 11.8 Å². The Bertz CT molecular complexity index is 1040. The van der Waals surface area contributed by atoms with Gasteiger partial charge >= 0.3 is 0 Å². The second-order valence-electron chi connectivity index (χ2n) is 7.21. The molecule has 1 atom stereocenters. The number of allylic oxidation sites excluding steroid dienone is 1. The van der Waals surface area contributed by atoms with Gasteiger partial charge in [-0.2, -0.15) is 0 Å². The highest BCUT2D eigenvalue weighted by atomic mass is 19.3. The Labute approximate surface area is 160 Å². The maximum Gasteiger partial charge on any atom is 0.256 e. The number of primary amides is 1. The van der Waals surface area contributed by atoms with Gasteiger partial charge in [0, 0.05) is 23.3 Å². The van der Waals surface area contributed by atoms with Crippen LogP contribution in [0.5, 0.6) is 5.75 Å². The summed E-state index contributed by atoms with van der Waals surface area (Å²) in [6.45, 7) is 4.94. The number of nitrogens with two attached hydrogens (primary N) is 2. The first-order valence-electron chi connectivity index (χ1n) is 8.71. The van der Waals surface area contributed by atoms with Crippen molar-refractivity contribution in [3.63, 3.8) is 0 Å². The zero-order valence-electron chi connectivity index (χ0n) is 15.8. The number of nitrogens with one attached hydrogen (secondary N) is 2.